The van der Waals surface area contributed by atoms with E-state index in [1.54, 1.807) is 14.2 Å². The summed E-state index contributed by atoms with van der Waals surface area (Å²) in [6.45, 7) is 9.45. The van der Waals surface area contributed by atoms with Crippen LogP contribution in [-0.4, -0.2) is 88.4 Å². The first-order valence-electron chi connectivity index (χ1n) is 12.3. The van der Waals surface area contributed by atoms with Gasteiger partial charge in [0.1, 0.15) is 0 Å². The average Bonchev–Trinajstić information content (AvgIpc) is 2.84. The molecule has 8 heteroatoms. The fourth-order valence-corrected chi connectivity index (χ4v) is 4.91. The Morgan fingerprint density at radius 3 is 2.33 bits per heavy atom. The number of nitrogens with zero attached hydrogens (tertiary/aromatic N) is 3. The van der Waals surface area contributed by atoms with Crippen molar-refractivity contribution in [1.29, 1.82) is 0 Å². The number of nitrogens with one attached hydrogen (secondary N) is 2. The number of rotatable bonds is 9. The van der Waals surface area contributed by atoms with Gasteiger partial charge in [0.25, 0.3) is 0 Å². The van der Waals surface area contributed by atoms with E-state index in [-0.39, 0.29) is 29.5 Å². The van der Waals surface area contributed by atoms with Crippen LogP contribution in [0.4, 0.5) is 0 Å². The maximum atomic E-state index is 5.44. The van der Waals surface area contributed by atoms with E-state index in [1.165, 1.54) is 50.8 Å². The summed E-state index contributed by atoms with van der Waals surface area (Å²) in [6, 6.07) is 6.11. The number of aliphatic imine (C=N–C) groups is 1. The lowest BCUT2D eigenvalue weighted by Crippen LogP contribution is -2.58. The van der Waals surface area contributed by atoms with E-state index in [9.17, 15) is 0 Å². The number of ether oxygens (including phenoxy) is 2. The van der Waals surface area contributed by atoms with E-state index in [2.05, 4.69) is 46.5 Å². The molecule has 2 aliphatic rings. The molecule has 188 valence electrons. The second-order valence-corrected chi connectivity index (χ2v) is 9.14. The molecule has 0 radical (unpaired) electrons. The number of guanidine groups is 1. The highest BCUT2D eigenvalue weighted by Crippen LogP contribution is 2.32. The van der Waals surface area contributed by atoms with E-state index >= 15 is 0 Å². The molecule has 0 unspecified atom stereocenters. The molecule has 3 rings (SSSR count). The molecule has 0 spiro atoms. The zero-order valence-electron chi connectivity index (χ0n) is 21.0. The topological polar surface area (TPSA) is 61.4 Å². The van der Waals surface area contributed by atoms with Crippen LogP contribution < -0.4 is 20.1 Å². The Morgan fingerprint density at radius 2 is 1.70 bits per heavy atom. The van der Waals surface area contributed by atoms with Crippen LogP contribution in [-0.2, 0) is 6.42 Å². The summed E-state index contributed by atoms with van der Waals surface area (Å²) in [5.74, 6) is 2.46. The number of hydrogen-bond acceptors (Lipinski definition) is 5. The van der Waals surface area contributed by atoms with Crippen molar-refractivity contribution < 1.29 is 9.47 Å². The zero-order chi connectivity index (χ0) is 22.8. The fraction of sp³-hybridized carbons (Fsp3) is 0.720. The number of benzene rings is 1. The van der Waals surface area contributed by atoms with Crippen molar-refractivity contribution in [2.45, 2.75) is 51.0 Å². The number of piperidine rings is 2. The Kier molecular flexibility index (Phi) is 12.0. The quantitative estimate of drug-likeness (QED) is 0.269. The minimum absolute atomic E-state index is 0. The normalized spacial score (nSPS) is 19.5. The first-order valence-corrected chi connectivity index (χ1v) is 12.3. The summed E-state index contributed by atoms with van der Waals surface area (Å²) in [5.41, 5.74) is 1.42. The summed E-state index contributed by atoms with van der Waals surface area (Å²) in [4.78, 5) is 10.3. The van der Waals surface area contributed by atoms with Crippen LogP contribution >= 0.6 is 24.0 Å². The third-order valence-electron chi connectivity index (χ3n) is 6.97. The third-order valence-corrected chi connectivity index (χ3v) is 6.97. The number of hydrogen-bond donors (Lipinski definition) is 2. The van der Waals surface area contributed by atoms with Crippen LogP contribution in [0.3, 0.4) is 0 Å². The molecular weight excluding hydrogens is 529 g/mol. The highest BCUT2D eigenvalue weighted by Gasteiger charge is 2.39. The average molecular weight is 574 g/mol. The van der Waals surface area contributed by atoms with Gasteiger partial charge in [-0.3, -0.25) is 9.89 Å². The number of methoxy groups -OCH3 is 2. The molecule has 2 N–H and O–H groups in total. The monoisotopic (exact) mass is 573 g/mol. The molecule has 1 aromatic carbocycles. The molecule has 0 saturated carbocycles. The second-order valence-electron chi connectivity index (χ2n) is 9.14. The van der Waals surface area contributed by atoms with Gasteiger partial charge in [-0.25, -0.2) is 0 Å². The number of halogens is 1. The summed E-state index contributed by atoms with van der Waals surface area (Å²) in [7, 11) is 5.58. The summed E-state index contributed by atoms with van der Waals surface area (Å²) >= 11 is 0. The van der Waals surface area contributed by atoms with Crippen LogP contribution in [0.15, 0.2) is 23.2 Å². The molecule has 2 heterocycles. The van der Waals surface area contributed by atoms with Gasteiger partial charge in [-0.05, 0) is 90.0 Å². The van der Waals surface area contributed by atoms with Crippen LogP contribution in [0.25, 0.3) is 0 Å². The standard InChI is InChI=1S/C25H43N5O2.HI/c1-5-26-24(27-14-11-21-9-10-22(31-3)23(19-21)32-4)28-20-25(12-17-29(2)18-13-25)30-15-7-6-8-16-30;/h9-10,19H,5-8,11-18,20H2,1-4H3,(H2,26,27,28);1H. The van der Waals surface area contributed by atoms with Crippen molar-refractivity contribution in [3.63, 3.8) is 0 Å². The molecule has 0 atom stereocenters. The van der Waals surface area contributed by atoms with Crippen molar-refractivity contribution in [2.75, 3.05) is 67.1 Å². The molecule has 33 heavy (non-hydrogen) atoms. The lowest BCUT2D eigenvalue weighted by Gasteiger charge is -2.49. The second kappa shape index (κ2) is 14.2. The first kappa shape index (κ1) is 28.0. The lowest BCUT2D eigenvalue weighted by atomic mass is 9.84. The molecule has 0 bridgehead atoms. The minimum Gasteiger partial charge on any atom is -0.493 e. The van der Waals surface area contributed by atoms with Crippen molar-refractivity contribution in [3.8, 4) is 11.5 Å². The summed E-state index contributed by atoms with van der Waals surface area (Å²) < 4.78 is 10.8. The van der Waals surface area contributed by atoms with Gasteiger partial charge in [0.15, 0.2) is 17.5 Å². The predicted octanol–water partition coefficient (Wildman–Crippen LogP) is 3.37. The number of likely N-dealkylation sites (tertiary alicyclic amines) is 2. The maximum Gasteiger partial charge on any atom is 0.191 e. The molecule has 2 saturated heterocycles. The van der Waals surface area contributed by atoms with Crippen LogP contribution in [0.2, 0.25) is 0 Å². The predicted molar refractivity (Wildman–Crippen MR) is 148 cm³/mol. The van der Waals surface area contributed by atoms with Gasteiger partial charge in [-0.15, -0.1) is 24.0 Å². The zero-order valence-corrected chi connectivity index (χ0v) is 23.3. The van der Waals surface area contributed by atoms with Crippen molar-refractivity contribution in [1.82, 2.24) is 20.4 Å². The molecule has 2 aliphatic heterocycles. The van der Waals surface area contributed by atoms with Crippen molar-refractivity contribution in [2.24, 2.45) is 4.99 Å². The van der Waals surface area contributed by atoms with Gasteiger partial charge < -0.3 is 25.0 Å². The van der Waals surface area contributed by atoms with Gasteiger partial charge in [-0.1, -0.05) is 12.5 Å². The van der Waals surface area contributed by atoms with Gasteiger partial charge >= 0.3 is 0 Å². The van der Waals surface area contributed by atoms with E-state index < -0.39 is 0 Å². The van der Waals surface area contributed by atoms with Crippen LogP contribution in [0.1, 0.15) is 44.6 Å². The SMILES string of the molecule is CCNC(=NCC1(N2CCCCC2)CCN(C)CC1)NCCc1ccc(OC)c(OC)c1.I. The molecule has 1 aromatic rings. The Labute approximate surface area is 217 Å². The summed E-state index contributed by atoms with van der Waals surface area (Å²) in [5, 5.41) is 6.99. The van der Waals surface area contributed by atoms with Crippen molar-refractivity contribution in [3.05, 3.63) is 23.8 Å². The Balaban J connectivity index is 0.00000385. The molecule has 0 aromatic heterocycles. The van der Waals surface area contributed by atoms with Gasteiger partial charge in [-0.2, -0.15) is 0 Å². The maximum absolute atomic E-state index is 5.44. The van der Waals surface area contributed by atoms with Crippen LogP contribution in [0.5, 0.6) is 11.5 Å². The Bertz CT molecular complexity index is 732. The third kappa shape index (κ3) is 7.89. The van der Waals surface area contributed by atoms with E-state index in [4.69, 9.17) is 14.5 Å². The van der Waals surface area contributed by atoms with Crippen LogP contribution in [0, 0.1) is 0 Å². The van der Waals surface area contributed by atoms with Crippen molar-refractivity contribution >= 4 is 29.9 Å². The lowest BCUT2D eigenvalue weighted by molar-refractivity contribution is 0.0208. The fourth-order valence-electron chi connectivity index (χ4n) is 4.91. The largest absolute Gasteiger partial charge is 0.493 e. The molecule has 0 amide bonds. The van der Waals surface area contributed by atoms with Gasteiger partial charge in [0.2, 0.25) is 0 Å². The van der Waals surface area contributed by atoms with Gasteiger partial charge in [0, 0.05) is 18.6 Å². The van der Waals surface area contributed by atoms with E-state index in [0.29, 0.717) is 0 Å². The highest BCUT2D eigenvalue weighted by atomic mass is 127. The minimum atomic E-state index is 0. The Hall–Kier alpha value is -1.26. The van der Waals surface area contributed by atoms with Gasteiger partial charge in [0.05, 0.1) is 20.8 Å². The summed E-state index contributed by atoms with van der Waals surface area (Å²) in [6.07, 6.45) is 7.33. The molecule has 2 fully saturated rings. The smallest absolute Gasteiger partial charge is 0.191 e. The Morgan fingerprint density at radius 1 is 1.00 bits per heavy atom. The molecule has 0 aliphatic carbocycles. The van der Waals surface area contributed by atoms with E-state index in [0.717, 1.165) is 56.6 Å². The molecule has 7 nitrogen and oxygen atoms in total. The molecular formula is C25H44IN5O2. The first-order chi connectivity index (χ1) is 15.6. The highest BCUT2D eigenvalue weighted by molar-refractivity contribution is 14.0. The van der Waals surface area contributed by atoms with E-state index in [1.807, 2.05) is 6.07 Å².